The number of carbonyl (C=O) groups excluding carboxylic acids is 2. The fraction of sp³-hybridized carbons (Fsp3) is 0.900. The first-order chi connectivity index (χ1) is 13.3. The third kappa shape index (κ3) is 9.71. The van der Waals surface area contributed by atoms with E-state index < -0.39 is 5.60 Å². The molecule has 0 radical (unpaired) electrons. The van der Waals surface area contributed by atoms with E-state index in [2.05, 4.69) is 17.1 Å². The van der Waals surface area contributed by atoms with Gasteiger partial charge in [-0.2, -0.15) is 0 Å². The van der Waals surface area contributed by atoms with Gasteiger partial charge < -0.3 is 24.4 Å². The first-order valence-electron chi connectivity index (χ1n) is 10.3. The summed E-state index contributed by atoms with van der Waals surface area (Å²) in [5.74, 6) is 0.0597. The van der Waals surface area contributed by atoms with E-state index in [1.165, 1.54) is 0 Å². The summed E-state index contributed by atoms with van der Waals surface area (Å²) in [6.45, 7) is 12.6. The Labute approximate surface area is 169 Å². The molecule has 1 saturated heterocycles. The Morgan fingerprint density at radius 2 is 1.75 bits per heavy atom. The summed E-state index contributed by atoms with van der Waals surface area (Å²) in [5, 5.41) is 3.02. The van der Waals surface area contributed by atoms with Gasteiger partial charge in [0.15, 0.2) is 0 Å². The van der Waals surface area contributed by atoms with Gasteiger partial charge in [-0.3, -0.25) is 9.69 Å². The van der Waals surface area contributed by atoms with Crippen molar-refractivity contribution in [3.05, 3.63) is 0 Å². The fourth-order valence-electron chi connectivity index (χ4n) is 3.04. The molecule has 1 unspecified atom stereocenters. The predicted molar refractivity (Wildman–Crippen MR) is 108 cm³/mol. The lowest BCUT2D eigenvalue weighted by Gasteiger charge is -2.39. The maximum Gasteiger partial charge on any atom is 0.410 e. The summed E-state index contributed by atoms with van der Waals surface area (Å²) in [6, 6.07) is -0.153. The second-order valence-corrected chi connectivity index (χ2v) is 8.06. The maximum absolute atomic E-state index is 12.7. The maximum atomic E-state index is 12.7. The number of rotatable bonds is 11. The number of piperazine rings is 1. The average Bonchev–Trinajstić information content (AvgIpc) is 2.64. The van der Waals surface area contributed by atoms with Crippen LogP contribution in [0.2, 0.25) is 0 Å². The average molecular weight is 402 g/mol. The van der Waals surface area contributed by atoms with Crippen molar-refractivity contribution in [2.75, 3.05) is 59.7 Å². The molecular weight excluding hydrogens is 362 g/mol. The fourth-order valence-corrected chi connectivity index (χ4v) is 3.04. The van der Waals surface area contributed by atoms with Crippen LogP contribution in [-0.2, 0) is 19.0 Å². The summed E-state index contributed by atoms with van der Waals surface area (Å²) in [4.78, 5) is 28.8. The standard InChI is InChI=1S/C20H39N3O5/c1-6-8-17(18(24)21-9-7-14-27-16-15-26-5)22-10-12-23(13-11-22)19(25)28-20(2,3)4/h17H,6-16H2,1-5H3,(H,21,24). The van der Waals surface area contributed by atoms with Crippen LogP contribution in [0.25, 0.3) is 0 Å². The van der Waals surface area contributed by atoms with E-state index in [0.717, 1.165) is 19.3 Å². The van der Waals surface area contributed by atoms with E-state index >= 15 is 0 Å². The lowest BCUT2D eigenvalue weighted by Crippen LogP contribution is -2.56. The SMILES string of the molecule is CCCC(C(=O)NCCCOCCOC)N1CCN(C(=O)OC(C)(C)C)CC1. The molecule has 0 saturated carbocycles. The molecule has 0 spiro atoms. The predicted octanol–water partition coefficient (Wildman–Crippen LogP) is 1.88. The zero-order valence-electron chi connectivity index (χ0n) is 18.3. The molecule has 8 heteroatoms. The van der Waals surface area contributed by atoms with Gasteiger partial charge in [0.2, 0.25) is 5.91 Å². The second-order valence-electron chi connectivity index (χ2n) is 8.06. The van der Waals surface area contributed by atoms with E-state index in [4.69, 9.17) is 14.2 Å². The smallest absolute Gasteiger partial charge is 0.410 e. The number of hydrogen-bond acceptors (Lipinski definition) is 6. The van der Waals surface area contributed by atoms with Crippen LogP contribution >= 0.6 is 0 Å². The van der Waals surface area contributed by atoms with Crippen LogP contribution in [0.3, 0.4) is 0 Å². The molecule has 28 heavy (non-hydrogen) atoms. The highest BCUT2D eigenvalue weighted by molar-refractivity contribution is 5.81. The molecule has 1 heterocycles. The molecule has 1 fully saturated rings. The Bertz CT molecular complexity index is 459. The highest BCUT2D eigenvalue weighted by atomic mass is 16.6. The minimum Gasteiger partial charge on any atom is -0.444 e. The van der Waals surface area contributed by atoms with Gasteiger partial charge in [-0.1, -0.05) is 13.3 Å². The van der Waals surface area contributed by atoms with Crippen molar-refractivity contribution in [1.29, 1.82) is 0 Å². The first-order valence-corrected chi connectivity index (χ1v) is 10.3. The molecule has 8 nitrogen and oxygen atoms in total. The van der Waals surface area contributed by atoms with Crippen molar-refractivity contribution in [2.24, 2.45) is 0 Å². The Morgan fingerprint density at radius 3 is 2.32 bits per heavy atom. The van der Waals surface area contributed by atoms with Gasteiger partial charge in [0.1, 0.15) is 5.60 Å². The molecule has 1 atom stereocenters. The number of ether oxygens (including phenoxy) is 3. The second kappa shape index (κ2) is 13.0. The van der Waals surface area contributed by atoms with E-state index in [1.54, 1.807) is 12.0 Å². The lowest BCUT2D eigenvalue weighted by molar-refractivity contribution is -0.127. The summed E-state index contributed by atoms with van der Waals surface area (Å²) >= 11 is 0. The molecular formula is C20H39N3O5. The largest absolute Gasteiger partial charge is 0.444 e. The van der Waals surface area contributed by atoms with Crippen molar-refractivity contribution in [2.45, 2.75) is 58.6 Å². The van der Waals surface area contributed by atoms with E-state index in [-0.39, 0.29) is 18.0 Å². The van der Waals surface area contributed by atoms with Gasteiger partial charge in [-0.25, -0.2) is 4.79 Å². The Morgan fingerprint density at radius 1 is 1.07 bits per heavy atom. The van der Waals surface area contributed by atoms with E-state index in [0.29, 0.717) is 52.5 Å². The van der Waals surface area contributed by atoms with Crippen LogP contribution in [0.1, 0.15) is 47.0 Å². The van der Waals surface area contributed by atoms with Crippen LogP contribution in [0.5, 0.6) is 0 Å². The molecule has 164 valence electrons. The van der Waals surface area contributed by atoms with Gasteiger partial charge in [-0.15, -0.1) is 0 Å². The van der Waals surface area contributed by atoms with E-state index in [1.807, 2.05) is 20.8 Å². The van der Waals surface area contributed by atoms with E-state index in [9.17, 15) is 9.59 Å². The quantitative estimate of drug-likeness (QED) is 0.533. The highest BCUT2D eigenvalue weighted by Gasteiger charge is 2.31. The summed E-state index contributed by atoms with van der Waals surface area (Å²) in [6.07, 6.45) is 2.24. The number of nitrogens with one attached hydrogen (secondary N) is 1. The van der Waals surface area contributed by atoms with Crippen molar-refractivity contribution in [3.63, 3.8) is 0 Å². The van der Waals surface area contributed by atoms with Gasteiger partial charge >= 0.3 is 6.09 Å². The zero-order chi connectivity index (χ0) is 21.0. The lowest BCUT2D eigenvalue weighted by atomic mass is 10.1. The van der Waals surface area contributed by atoms with Crippen molar-refractivity contribution in [3.8, 4) is 0 Å². The normalized spacial score (nSPS) is 16.7. The van der Waals surface area contributed by atoms with Crippen LogP contribution in [0, 0.1) is 0 Å². The van der Waals surface area contributed by atoms with Gasteiger partial charge in [0.05, 0.1) is 19.3 Å². The number of hydrogen-bond donors (Lipinski definition) is 1. The third-order valence-electron chi connectivity index (χ3n) is 4.47. The highest BCUT2D eigenvalue weighted by Crippen LogP contribution is 2.15. The van der Waals surface area contributed by atoms with Gasteiger partial charge in [-0.05, 0) is 33.6 Å². The number of amides is 2. The van der Waals surface area contributed by atoms with Crippen LogP contribution in [-0.4, -0.2) is 93.1 Å². The van der Waals surface area contributed by atoms with Crippen LogP contribution in [0.15, 0.2) is 0 Å². The Kier molecular flexibility index (Phi) is 11.4. The third-order valence-corrected chi connectivity index (χ3v) is 4.47. The Balaban J connectivity index is 2.39. The van der Waals surface area contributed by atoms with Gasteiger partial charge in [0, 0.05) is 46.4 Å². The topological polar surface area (TPSA) is 80.3 Å². The summed E-state index contributed by atoms with van der Waals surface area (Å²) < 4.78 is 15.8. The molecule has 0 aliphatic carbocycles. The molecule has 0 aromatic carbocycles. The minimum absolute atomic E-state index is 0.0597. The van der Waals surface area contributed by atoms with Gasteiger partial charge in [0.25, 0.3) is 0 Å². The summed E-state index contributed by atoms with van der Waals surface area (Å²) in [7, 11) is 1.64. The number of carbonyl (C=O) groups is 2. The molecule has 0 bridgehead atoms. The molecule has 0 aromatic rings. The molecule has 0 aromatic heterocycles. The van der Waals surface area contributed by atoms with Crippen LogP contribution in [0.4, 0.5) is 4.79 Å². The van der Waals surface area contributed by atoms with Crippen molar-refractivity contribution in [1.82, 2.24) is 15.1 Å². The molecule has 1 N–H and O–H groups in total. The molecule has 1 aliphatic heterocycles. The molecule has 1 rings (SSSR count). The first kappa shape index (κ1) is 24.7. The number of methoxy groups -OCH3 is 1. The Hall–Kier alpha value is -1.38. The van der Waals surface area contributed by atoms with Crippen molar-refractivity contribution >= 4 is 12.0 Å². The summed E-state index contributed by atoms with van der Waals surface area (Å²) in [5.41, 5.74) is -0.494. The zero-order valence-corrected chi connectivity index (χ0v) is 18.3. The van der Waals surface area contributed by atoms with Crippen LogP contribution < -0.4 is 5.32 Å². The molecule has 1 aliphatic rings. The molecule has 2 amide bonds. The minimum atomic E-state index is -0.494. The number of nitrogens with zero attached hydrogens (tertiary/aromatic N) is 2. The van der Waals surface area contributed by atoms with Crippen molar-refractivity contribution < 1.29 is 23.8 Å². The monoisotopic (exact) mass is 401 g/mol.